The Morgan fingerprint density at radius 2 is 2.29 bits per heavy atom. The number of nitrogens with one attached hydrogen (secondary N) is 1. The average Bonchev–Trinajstić information content (AvgIpc) is 2.62. The average molecular weight is 296 g/mol. The van der Waals surface area contributed by atoms with Crippen molar-refractivity contribution < 1.29 is 0 Å². The van der Waals surface area contributed by atoms with Gasteiger partial charge in [-0.15, -0.1) is 0 Å². The van der Waals surface area contributed by atoms with Gasteiger partial charge in [0.15, 0.2) is 0 Å². The Balaban J connectivity index is 2.47. The lowest BCUT2D eigenvalue weighted by Crippen LogP contribution is -2.30. The summed E-state index contributed by atoms with van der Waals surface area (Å²) in [5.74, 6) is 5.65. The molecule has 90 valence electrons. The van der Waals surface area contributed by atoms with Crippen LogP contribution in [0.25, 0.3) is 0 Å². The van der Waals surface area contributed by atoms with Crippen LogP contribution < -0.4 is 11.3 Å². The Hall–Kier alpha value is -1.24. The molecule has 1 unspecified atom stereocenters. The third kappa shape index (κ3) is 2.38. The number of pyridine rings is 1. The summed E-state index contributed by atoms with van der Waals surface area (Å²) in [4.78, 5) is 4.18. The van der Waals surface area contributed by atoms with E-state index in [1.807, 2.05) is 26.1 Å². The first kappa shape index (κ1) is 12.2. The van der Waals surface area contributed by atoms with Gasteiger partial charge in [-0.2, -0.15) is 5.10 Å². The van der Waals surface area contributed by atoms with Gasteiger partial charge in [0.05, 0.1) is 22.4 Å². The summed E-state index contributed by atoms with van der Waals surface area (Å²) in [6.07, 6.45) is 3.53. The van der Waals surface area contributed by atoms with Gasteiger partial charge in [-0.3, -0.25) is 15.5 Å². The number of rotatable bonds is 3. The minimum atomic E-state index is -0.112. The molecular formula is C11H14BrN5. The number of halogens is 1. The third-order valence-corrected chi connectivity index (χ3v) is 3.24. The number of nitrogens with two attached hydrogens (primary N) is 1. The molecule has 2 rings (SSSR count). The number of nitrogens with zero attached hydrogens (tertiary/aromatic N) is 3. The Labute approximate surface area is 108 Å². The van der Waals surface area contributed by atoms with Crippen LogP contribution >= 0.6 is 15.9 Å². The van der Waals surface area contributed by atoms with Crippen molar-refractivity contribution in [2.24, 2.45) is 12.9 Å². The van der Waals surface area contributed by atoms with E-state index in [0.29, 0.717) is 0 Å². The molecule has 3 N–H and O–H groups in total. The van der Waals surface area contributed by atoms with Crippen molar-refractivity contribution in [1.29, 1.82) is 0 Å². The van der Waals surface area contributed by atoms with Crippen LogP contribution in [0.1, 0.15) is 23.0 Å². The molecule has 2 heterocycles. The number of hydrogen-bond acceptors (Lipinski definition) is 4. The largest absolute Gasteiger partial charge is 0.271 e. The molecule has 0 bridgehead atoms. The van der Waals surface area contributed by atoms with E-state index < -0.39 is 0 Å². The molecule has 0 fully saturated rings. The molecule has 2 aromatic heterocycles. The topological polar surface area (TPSA) is 68.8 Å². The van der Waals surface area contributed by atoms with Gasteiger partial charge in [-0.05, 0) is 40.5 Å². The quantitative estimate of drug-likeness (QED) is 0.664. The third-order valence-electron chi connectivity index (χ3n) is 2.63. The van der Waals surface area contributed by atoms with Crippen LogP contribution in [0.15, 0.2) is 29.0 Å². The van der Waals surface area contributed by atoms with Crippen molar-refractivity contribution in [3.05, 3.63) is 46.0 Å². The van der Waals surface area contributed by atoms with Gasteiger partial charge in [0.25, 0.3) is 0 Å². The first-order valence-electron chi connectivity index (χ1n) is 5.19. The molecule has 5 nitrogen and oxygen atoms in total. The van der Waals surface area contributed by atoms with Crippen LogP contribution in [0.5, 0.6) is 0 Å². The Kier molecular flexibility index (Phi) is 3.56. The predicted octanol–water partition coefficient (Wildman–Crippen LogP) is 1.44. The van der Waals surface area contributed by atoms with Crippen molar-refractivity contribution in [3.63, 3.8) is 0 Å². The van der Waals surface area contributed by atoms with Gasteiger partial charge in [-0.25, -0.2) is 5.43 Å². The van der Waals surface area contributed by atoms with Gasteiger partial charge < -0.3 is 0 Å². The maximum absolute atomic E-state index is 5.65. The highest BCUT2D eigenvalue weighted by atomic mass is 79.9. The molecule has 1 atom stereocenters. The number of aryl methyl sites for hydroxylation is 2. The first-order valence-corrected chi connectivity index (χ1v) is 5.99. The fraction of sp³-hybridized carbons (Fsp3) is 0.273. The van der Waals surface area contributed by atoms with Gasteiger partial charge in [0.1, 0.15) is 0 Å². The van der Waals surface area contributed by atoms with Crippen LogP contribution in [-0.4, -0.2) is 14.8 Å². The molecule has 6 heteroatoms. The Morgan fingerprint density at radius 3 is 2.82 bits per heavy atom. The summed E-state index contributed by atoms with van der Waals surface area (Å²) in [6, 6.07) is 3.83. The van der Waals surface area contributed by atoms with E-state index in [4.69, 9.17) is 5.84 Å². The zero-order valence-corrected chi connectivity index (χ0v) is 11.3. The number of hydrazine groups is 1. The molecule has 0 saturated heterocycles. The Bertz CT molecular complexity index is 503. The van der Waals surface area contributed by atoms with Crippen LogP contribution in [0.3, 0.4) is 0 Å². The molecule has 0 amide bonds. The summed E-state index contributed by atoms with van der Waals surface area (Å²) in [5.41, 5.74) is 5.81. The summed E-state index contributed by atoms with van der Waals surface area (Å²) < 4.78 is 2.72. The molecular weight excluding hydrogens is 282 g/mol. The van der Waals surface area contributed by atoms with E-state index in [-0.39, 0.29) is 6.04 Å². The van der Waals surface area contributed by atoms with Gasteiger partial charge in [0, 0.05) is 18.9 Å². The lowest BCUT2D eigenvalue weighted by Gasteiger charge is -2.17. The van der Waals surface area contributed by atoms with Crippen LogP contribution in [0.4, 0.5) is 0 Å². The minimum Gasteiger partial charge on any atom is -0.271 e. The standard InChI is InChI=1S/C11H14BrN5/c1-7-5-8(3-4-14-7)10(16-13)11-9(12)6-15-17(11)2/h3-6,10,16H,13H2,1-2H3. The molecule has 0 spiro atoms. The molecule has 0 radical (unpaired) electrons. The number of hydrogen-bond donors (Lipinski definition) is 2. The highest BCUT2D eigenvalue weighted by molar-refractivity contribution is 9.10. The van der Waals surface area contributed by atoms with Gasteiger partial charge >= 0.3 is 0 Å². The monoisotopic (exact) mass is 295 g/mol. The number of aromatic nitrogens is 3. The molecule has 0 saturated carbocycles. The maximum atomic E-state index is 5.65. The second-order valence-electron chi connectivity index (χ2n) is 3.83. The smallest absolute Gasteiger partial charge is 0.0890 e. The van der Waals surface area contributed by atoms with E-state index >= 15 is 0 Å². The highest BCUT2D eigenvalue weighted by Crippen LogP contribution is 2.27. The maximum Gasteiger partial charge on any atom is 0.0890 e. The normalized spacial score (nSPS) is 12.7. The molecule has 0 aromatic carbocycles. The highest BCUT2D eigenvalue weighted by Gasteiger charge is 2.19. The molecule has 0 aliphatic heterocycles. The lowest BCUT2D eigenvalue weighted by molar-refractivity contribution is 0.572. The minimum absolute atomic E-state index is 0.112. The van der Waals surface area contributed by atoms with Crippen LogP contribution in [0, 0.1) is 6.92 Å². The molecule has 0 aliphatic rings. The first-order chi connectivity index (χ1) is 8.13. The van der Waals surface area contributed by atoms with E-state index in [0.717, 1.165) is 21.4 Å². The summed E-state index contributed by atoms with van der Waals surface area (Å²) in [5, 5.41) is 4.19. The van der Waals surface area contributed by atoms with Crippen LogP contribution in [0.2, 0.25) is 0 Å². The van der Waals surface area contributed by atoms with E-state index in [2.05, 4.69) is 31.4 Å². The van der Waals surface area contributed by atoms with Gasteiger partial charge in [-0.1, -0.05) is 0 Å². The molecule has 0 aliphatic carbocycles. The van der Waals surface area contributed by atoms with E-state index in [9.17, 15) is 0 Å². The summed E-state index contributed by atoms with van der Waals surface area (Å²) in [6.45, 7) is 1.95. The lowest BCUT2D eigenvalue weighted by atomic mass is 10.0. The van der Waals surface area contributed by atoms with E-state index in [1.54, 1.807) is 17.1 Å². The van der Waals surface area contributed by atoms with Gasteiger partial charge in [0.2, 0.25) is 0 Å². The molecule has 17 heavy (non-hydrogen) atoms. The fourth-order valence-corrected chi connectivity index (χ4v) is 2.40. The Morgan fingerprint density at radius 1 is 1.53 bits per heavy atom. The fourth-order valence-electron chi connectivity index (χ4n) is 1.82. The van der Waals surface area contributed by atoms with Crippen molar-refractivity contribution in [1.82, 2.24) is 20.2 Å². The second-order valence-corrected chi connectivity index (χ2v) is 4.69. The SMILES string of the molecule is Cc1cc(C(NN)c2c(Br)cnn2C)ccn1. The van der Waals surface area contributed by atoms with Crippen LogP contribution in [-0.2, 0) is 7.05 Å². The van der Waals surface area contributed by atoms with Crippen molar-refractivity contribution in [3.8, 4) is 0 Å². The second kappa shape index (κ2) is 4.95. The predicted molar refractivity (Wildman–Crippen MR) is 69.0 cm³/mol. The van der Waals surface area contributed by atoms with Crippen molar-refractivity contribution in [2.45, 2.75) is 13.0 Å². The van der Waals surface area contributed by atoms with Crippen molar-refractivity contribution >= 4 is 15.9 Å². The summed E-state index contributed by atoms with van der Waals surface area (Å²) in [7, 11) is 1.89. The van der Waals surface area contributed by atoms with Crippen molar-refractivity contribution in [2.75, 3.05) is 0 Å². The van der Waals surface area contributed by atoms with E-state index in [1.165, 1.54) is 0 Å². The zero-order valence-electron chi connectivity index (χ0n) is 9.68. The molecule has 2 aromatic rings. The zero-order chi connectivity index (χ0) is 12.4. The summed E-state index contributed by atoms with van der Waals surface area (Å²) >= 11 is 3.48.